The summed E-state index contributed by atoms with van der Waals surface area (Å²) in [5.41, 5.74) is 2.71. The number of hydrogen-bond acceptors (Lipinski definition) is 3. The van der Waals surface area contributed by atoms with Crippen LogP contribution in [0.25, 0.3) is 6.08 Å². The van der Waals surface area contributed by atoms with Gasteiger partial charge in [-0.25, -0.2) is 13.1 Å². The second kappa shape index (κ2) is 8.37. The van der Waals surface area contributed by atoms with E-state index in [1.807, 2.05) is 61.5 Å². The molecule has 0 aromatic heterocycles. The molecule has 0 bridgehead atoms. The first-order valence-corrected chi connectivity index (χ1v) is 10.7. The fraction of sp³-hybridized carbons (Fsp3) is 0.222. The molecule has 24 heavy (non-hydrogen) atoms. The Bertz CT molecular complexity index is 813. The number of benzene rings is 2. The van der Waals surface area contributed by atoms with Crippen LogP contribution in [0, 0.1) is 6.92 Å². The van der Waals surface area contributed by atoms with Crippen molar-refractivity contribution in [1.29, 1.82) is 0 Å². The third kappa shape index (κ3) is 6.03. The van der Waals surface area contributed by atoms with Gasteiger partial charge in [-0.05, 0) is 24.1 Å². The van der Waals surface area contributed by atoms with Gasteiger partial charge < -0.3 is 0 Å². The minimum absolute atomic E-state index is 0.224. The highest BCUT2D eigenvalue weighted by Crippen LogP contribution is 2.16. The minimum atomic E-state index is -3.65. The molecule has 1 N–H and O–H groups in total. The lowest BCUT2D eigenvalue weighted by molar-refractivity contribution is 0.576. The average molecular weight is 364 g/mol. The molecule has 0 aliphatic carbocycles. The van der Waals surface area contributed by atoms with Gasteiger partial charge >= 0.3 is 0 Å². The van der Waals surface area contributed by atoms with Gasteiger partial charge in [0.15, 0.2) is 0 Å². The highest BCUT2D eigenvalue weighted by Gasteiger charge is 2.18. The molecule has 0 heterocycles. The second-order valence-electron chi connectivity index (χ2n) is 5.58. The largest absolute Gasteiger partial charge is 0.260 e. The van der Waals surface area contributed by atoms with Crippen molar-refractivity contribution >= 4 is 26.9 Å². The molecule has 4 nitrogen and oxygen atoms in total. The van der Waals surface area contributed by atoms with Gasteiger partial charge in [0.1, 0.15) is 0 Å². The zero-order valence-corrected chi connectivity index (χ0v) is 15.3. The van der Waals surface area contributed by atoms with E-state index in [2.05, 4.69) is 4.72 Å². The van der Waals surface area contributed by atoms with Gasteiger partial charge in [0.2, 0.25) is 10.0 Å². The Morgan fingerprint density at radius 1 is 1.08 bits per heavy atom. The first-order valence-electron chi connectivity index (χ1n) is 7.48. The lowest BCUT2D eigenvalue weighted by Crippen LogP contribution is -2.30. The minimum Gasteiger partial charge on any atom is -0.260 e. The van der Waals surface area contributed by atoms with Crippen LogP contribution in [0.2, 0.25) is 0 Å². The van der Waals surface area contributed by atoms with E-state index in [4.69, 9.17) is 0 Å². The van der Waals surface area contributed by atoms with Crippen LogP contribution in [-0.2, 0) is 20.8 Å². The van der Waals surface area contributed by atoms with Gasteiger partial charge in [-0.15, -0.1) is 0 Å². The van der Waals surface area contributed by atoms with Crippen LogP contribution in [0.5, 0.6) is 0 Å². The number of hydrogen-bond donors (Lipinski definition) is 1. The molecule has 0 aliphatic rings. The second-order valence-corrected chi connectivity index (χ2v) is 8.66. The van der Waals surface area contributed by atoms with Crippen molar-refractivity contribution in [3.05, 3.63) is 76.7 Å². The molecule has 0 saturated carbocycles. The summed E-state index contributed by atoms with van der Waals surface area (Å²) in [7, 11) is -4.77. The predicted octanol–water partition coefficient (Wildman–Crippen LogP) is 3.00. The summed E-state index contributed by atoms with van der Waals surface area (Å²) in [6.45, 7) is 1.97. The summed E-state index contributed by atoms with van der Waals surface area (Å²) < 4.78 is 38.9. The third-order valence-electron chi connectivity index (χ3n) is 3.43. The van der Waals surface area contributed by atoms with Gasteiger partial charge in [0.25, 0.3) is 0 Å². The van der Waals surface area contributed by atoms with Crippen molar-refractivity contribution in [2.24, 2.45) is 0 Å². The van der Waals surface area contributed by atoms with E-state index in [1.165, 1.54) is 0 Å². The Balaban J connectivity index is 2.17. The molecule has 0 fully saturated rings. The standard InChI is InChI=1S/C18H21NO3S2/c1-15-8-10-16(11-9-15)12-13-24(21,22)19-18(14-23(2)20)17-6-4-3-5-7-17/h3-13,18-19H,14H2,1-2H3/b13-12+/t18-,23+/m1/s1. The smallest absolute Gasteiger partial charge is 0.234 e. The SMILES string of the molecule is Cc1ccc(/C=C/S(=O)(=O)N[C@H](C[S@](C)=O)c2ccccc2)cc1. The Kier molecular flexibility index (Phi) is 6.48. The highest BCUT2D eigenvalue weighted by atomic mass is 32.2. The Morgan fingerprint density at radius 2 is 1.71 bits per heavy atom. The van der Waals surface area contributed by atoms with E-state index >= 15 is 0 Å². The van der Waals surface area contributed by atoms with Crippen LogP contribution in [0.4, 0.5) is 0 Å². The zero-order valence-electron chi connectivity index (χ0n) is 13.7. The van der Waals surface area contributed by atoms with E-state index in [1.54, 1.807) is 12.3 Å². The topological polar surface area (TPSA) is 63.2 Å². The maximum Gasteiger partial charge on any atom is 0.234 e. The summed E-state index contributed by atoms with van der Waals surface area (Å²) in [5.74, 6) is 0.224. The van der Waals surface area contributed by atoms with Gasteiger partial charge in [0, 0.05) is 28.2 Å². The fourth-order valence-electron chi connectivity index (χ4n) is 2.20. The molecular formula is C18H21NO3S2. The fourth-order valence-corrected chi connectivity index (χ4v) is 4.08. The van der Waals surface area contributed by atoms with Crippen LogP contribution in [-0.4, -0.2) is 24.6 Å². The number of aryl methyl sites for hydroxylation is 1. The summed E-state index contributed by atoms with van der Waals surface area (Å²) in [5, 5.41) is 1.15. The molecule has 0 unspecified atom stereocenters. The van der Waals surface area contributed by atoms with Gasteiger partial charge in [-0.2, -0.15) is 0 Å². The summed E-state index contributed by atoms with van der Waals surface area (Å²) in [6.07, 6.45) is 3.11. The molecular weight excluding hydrogens is 342 g/mol. The lowest BCUT2D eigenvalue weighted by atomic mass is 10.1. The van der Waals surface area contributed by atoms with Crippen molar-refractivity contribution in [3.8, 4) is 0 Å². The molecule has 0 radical (unpaired) electrons. The normalized spacial score (nSPS) is 14.6. The van der Waals surface area contributed by atoms with Crippen LogP contribution in [0.3, 0.4) is 0 Å². The Morgan fingerprint density at radius 3 is 2.29 bits per heavy atom. The van der Waals surface area contributed by atoms with Crippen LogP contribution < -0.4 is 4.72 Å². The van der Waals surface area contributed by atoms with Crippen molar-refractivity contribution in [2.75, 3.05) is 12.0 Å². The van der Waals surface area contributed by atoms with E-state index in [9.17, 15) is 12.6 Å². The van der Waals surface area contributed by atoms with E-state index < -0.39 is 26.9 Å². The van der Waals surface area contributed by atoms with Crippen molar-refractivity contribution in [2.45, 2.75) is 13.0 Å². The number of sulfonamides is 1. The molecule has 6 heteroatoms. The van der Waals surface area contributed by atoms with E-state index in [0.29, 0.717) is 0 Å². The first-order chi connectivity index (χ1) is 11.4. The molecule has 128 valence electrons. The van der Waals surface area contributed by atoms with Gasteiger partial charge in [0.05, 0.1) is 6.04 Å². The Hall–Kier alpha value is -1.76. The maximum atomic E-state index is 12.3. The molecule has 0 saturated heterocycles. The van der Waals surface area contributed by atoms with Crippen molar-refractivity contribution < 1.29 is 12.6 Å². The van der Waals surface area contributed by atoms with Crippen LogP contribution in [0.15, 0.2) is 60.0 Å². The first kappa shape index (κ1) is 18.6. The predicted molar refractivity (Wildman–Crippen MR) is 100 cm³/mol. The van der Waals surface area contributed by atoms with Crippen LogP contribution >= 0.6 is 0 Å². The maximum absolute atomic E-state index is 12.3. The zero-order chi connectivity index (χ0) is 17.6. The molecule has 0 amide bonds. The quantitative estimate of drug-likeness (QED) is 0.822. The molecule has 0 spiro atoms. The highest BCUT2D eigenvalue weighted by molar-refractivity contribution is 7.92. The summed E-state index contributed by atoms with van der Waals surface area (Å²) >= 11 is 0. The summed E-state index contributed by atoms with van der Waals surface area (Å²) in [6, 6.07) is 16.2. The third-order valence-corrected chi connectivity index (χ3v) is 5.34. The average Bonchev–Trinajstić information content (AvgIpc) is 2.54. The lowest BCUT2D eigenvalue weighted by Gasteiger charge is -2.16. The van der Waals surface area contributed by atoms with Crippen LogP contribution in [0.1, 0.15) is 22.7 Å². The van der Waals surface area contributed by atoms with E-state index in [0.717, 1.165) is 22.1 Å². The Labute approximate surface area is 146 Å². The molecule has 2 aromatic rings. The van der Waals surface area contributed by atoms with Crippen molar-refractivity contribution in [3.63, 3.8) is 0 Å². The number of nitrogens with one attached hydrogen (secondary N) is 1. The summed E-state index contributed by atoms with van der Waals surface area (Å²) in [4.78, 5) is 0. The molecule has 0 aliphatic heterocycles. The molecule has 2 aromatic carbocycles. The van der Waals surface area contributed by atoms with Crippen molar-refractivity contribution in [1.82, 2.24) is 4.72 Å². The molecule has 2 rings (SSSR count). The number of rotatable bonds is 7. The van der Waals surface area contributed by atoms with E-state index in [-0.39, 0.29) is 5.75 Å². The molecule has 2 atom stereocenters. The van der Waals surface area contributed by atoms with Gasteiger partial charge in [-0.1, -0.05) is 60.2 Å². The van der Waals surface area contributed by atoms with Gasteiger partial charge in [-0.3, -0.25) is 4.21 Å². The monoisotopic (exact) mass is 363 g/mol.